The van der Waals surface area contributed by atoms with Crippen molar-refractivity contribution >= 4 is 17.7 Å². The quantitative estimate of drug-likeness (QED) is 0.517. The van der Waals surface area contributed by atoms with E-state index in [-0.39, 0.29) is 17.4 Å². The number of halogens is 2. The summed E-state index contributed by atoms with van der Waals surface area (Å²) in [7, 11) is 1.36. The minimum absolute atomic E-state index is 0.0677. The van der Waals surface area contributed by atoms with Crippen LogP contribution in [0.3, 0.4) is 0 Å². The Hall–Kier alpha value is -3.68. The van der Waals surface area contributed by atoms with E-state index in [0.717, 1.165) is 36.5 Å². The summed E-state index contributed by atoms with van der Waals surface area (Å²) >= 11 is 0. The van der Waals surface area contributed by atoms with Crippen LogP contribution in [-0.2, 0) is 17.8 Å². The number of imidazole rings is 1. The Morgan fingerprint density at radius 2 is 2.06 bits per heavy atom. The van der Waals surface area contributed by atoms with Crippen molar-refractivity contribution in [2.45, 2.75) is 32.4 Å². The number of nitrogens with one attached hydrogen (secondary N) is 1. The molecule has 2 heterocycles. The van der Waals surface area contributed by atoms with Crippen molar-refractivity contribution in [3.05, 3.63) is 66.1 Å². The summed E-state index contributed by atoms with van der Waals surface area (Å²) in [6, 6.07) is 12.0. The average molecular weight is 439 g/mol. The number of alkyl halides is 2. The lowest BCUT2D eigenvalue weighted by atomic mass is 10.1. The van der Waals surface area contributed by atoms with Crippen molar-refractivity contribution in [2.24, 2.45) is 0 Å². The van der Waals surface area contributed by atoms with E-state index in [1.807, 2.05) is 24.3 Å². The van der Waals surface area contributed by atoms with Gasteiger partial charge in [0.05, 0.1) is 12.8 Å². The van der Waals surface area contributed by atoms with Crippen LogP contribution in [0.4, 0.5) is 14.5 Å². The standard InChI is InChI=1S/C24H23F2N3O3/c1-31-21-13-16(8-10-20(21)32-24(25)26)9-11-23(30)27-18-6-4-5-17(14-18)19-15-29-12-3-2-7-22(29)28-19/h4-6,8-11,13-15,24H,2-3,7,12H2,1H3,(H,27,30)/b11-9+. The lowest BCUT2D eigenvalue weighted by molar-refractivity contribution is -0.111. The predicted molar refractivity (Wildman–Crippen MR) is 118 cm³/mol. The molecule has 1 aromatic heterocycles. The Labute approximate surface area is 184 Å². The second-order valence-electron chi connectivity index (χ2n) is 7.39. The largest absolute Gasteiger partial charge is 0.493 e. The van der Waals surface area contributed by atoms with Gasteiger partial charge in [0.1, 0.15) is 5.82 Å². The number of rotatable bonds is 7. The van der Waals surface area contributed by atoms with Gasteiger partial charge in [-0.05, 0) is 48.7 Å². The van der Waals surface area contributed by atoms with Gasteiger partial charge in [0.15, 0.2) is 11.5 Å². The SMILES string of the molecule is COc1cc(/C=C/C(=O)Nc2cccc(-c3cn4c(n3)CCCC4)c2)ccc1OC(F)F. The topological polar surface area (TPSA) is 65.4 Å². The minimum atomic E-state index is -2.94. The summed E-state index contributed by atoms with van der Waals surface area (Å²) in [6.07, 6.45) is 8.30. The van der Waals surface area contributed by atoms with E-state index in [1.54, 1.807) is 12.1 Å². The molecule has 1 aliphatic rings. The van der Waals surface area contributed by atoms with E-state index in [2.05, 4.69) is 20.8 Å². The molecule has 0 fully saturated rings. The van der Waals surface area contributed by atoms with E-state index in [1.165, 1.54) is 31.7 Å². The second kappa shape index (κ2) is 9.64. The molecule has 1 N–H and O–H groups in total. The number of nitrogens with zero attached hydrogens (tertiary/aromatic N) is 2. The molecule has 0 aliphatic carbocycles. The Kier molecular flexibility index (Phi) is 6.49. The summed E-state index contributed by atoms with van der Waals surface area (Å²) in [5.74, 6) is 0.868. The first-order valence-corrected chi connectivity index (χ1v) is 10.3. The van der Waals surface area contributed by atoms with Crippen molar-refractivity contribution in [2.75, 3.05) is 12.4 Å². The molecule has 0 saturated heterocycles. The molecule has 166 valence electrons. The number of amides is 1. The minimum Gasteiger partial charge on any atom is -0.493 e. The molecule has 6 nitrogen and oxygen atoms in total. The molecule has 1 amide bonds. The van der Waals surface area contributed by atoms with Gasteiger partial charge in [-0.3, -0.25) is 4.79 Å². The van der Waals surface area contributed by atoms with Crippen molar-refractivity contribution in [1.29, 1.82) is 0 Å². The Morgan fingerprint density at radius 3 is 2.84 bits per heavy atom. The van der Waals surface area contributed by atoms with Gasteiger partial charge in [0.2, 0.25) is 5.91 Å². The molecule has 8 heteroatoms. The number of fused-ring (bicyclic) bond motifs is 1. The van der Waals surface area contributed by atoms with E-state index in [4.69, 9.17) is 9.72 Å². The third-order valence-corrected chi connectivity index (χ3v) is 5.17. The van der Waals surface area contributed by atoms with Gasteiger partial charge in [0.25, 0.3) is 0 Å². The van der Waals surface area contributed by atoms with Gasteiger partial charge >= 0.3 is 6.61 Å². The molecule has 0 atom stereocenters. The highest BCUT2D eigenvalue weighted by Gasteiger charge is 2.14. The van der Waals surface area contributed by atoms with Crippen LogP contribution in [-0.4, -0.2) is 29.2 Å². The van der Waals surface area contributed by atoms with Crippen LogP contribution in [0, 0.1) is 0 Å². The highest BCUT2D eigenvalue weighted by Crippen LogP contribution is 2.30. The Balaban J connectivity index is 1.44. The fourth-order valence-corrected chi connectivity index (χ4v) is 3.65. The molecular formula is C24H23F2N3O3. The number of carbonyl (C=O) groups excluding carboxylic acids is 1. The van der Waals surface area contributed by atoms with E-state index in [0.29, 0.717) is 11.3 Å². The molecular weight excluding hydrogens is 416 g/mol. The van der Waals surface area contributed by atoms with E-state index in [9.17, 15) is 13.6 Å². The van der Waals surface area contributed by atoms with Crippen molar-refractivity contribution in [3.63, 3.8) is 0 Å². The molecule has 1 aliphatic heterocycles. The number of carbonyl (C=O) groups is 1. The van der Waals surface area contributed by atoms with Crippen LogP contribution in [0.15, 0.2) is 54.7 Å². The zero-order valence-corrected chi connectivity index (χ0v) is 17.6. The Bertz CT molecular complexity index is 1120. The maximum absolute atomic E-state index is 12.4. The lowest BCUT2D eigenvalue weighted by Gasteiger charge is -2.11. The third-order valence-electron chi connectivity index (χ3n) is 5.17. The van der Waals surface area contributed by atoms with Crippen molar-refractivity contribution < 1.29 is 23.0 Å². The molecule has 3 aromatic rings. The Morgan fingerprint density at radius 1 is 1.19 bits per heavy atom. The third kappa shape index (κ3) is 5.14. The molecule has 0 saturated carbocycles. The van der Waals surface area contributed by atoms with Crippen LogP contribution in [0.25, 0.3) is 17.3 Å². The van der Waals surface area contributed by atoms with Crippen molar-refractivity contribution in [1.82, 2.24) is 9.55 Å². The van der Waals surface area contributed by atoms with Crippen molar-refractivity contribution in [3.8, 4) is 22.8 Å². The van der Waals surface area contributed by atoms with Crippen LogP contribution in [0.2, 0.25) is 0 Å². The maximum Gasteiger partial charge on any atom is 0.387 e. The summed E-state index contributed by atoms with van der Waals surface area (Å²) in [4.78, 5) is 17.1. The number of methoxy groups -OCH3 is 1. The van der Waals surface area contributed by atoms with Crippen LogP contribution in [0.5, 0.6) is 11.5 Å². The number of anilines is 1. The average Bonchev–Trinajstić information content (AvgIpc) is 3.23. The molecule has 32 heavy (non-hydrogen) atoms. The first-order chi connectivity index (χ1) is 15.5. The number of hydrogen-bond donors (Lipinski definition) is 1. The van der Waals surface area contributed by atoms with Gasteiger partial charge < -0.3 is 19.4 Å². The molecule has 0 bridgehead atoms. The second-order valence-corrected chi connectivity index (χ2v) is 7.39. The van der Waals surface area contributed by atoms with Gasteiger partial charge in [-0.15, -0.1) is 0 Å². The summed E-state index contributed by atoms with van der Waals surface area (Å²) < 4.78 is 36.6. The fourth-order valence-electron chi connectivity index (χ4n) is 3.65. The molecule has 2 aromatic carbocycles. The normalized spacial score (nSPS) is 13.2. The van der Waals surface area contributed by atoms with Gasteiger partial charge in [-0.1, -0.05) is 18.2 Å². The van der Waals surface area contributed by atoms with E-state index >= 15 is 0 Å². The molecule has 0 radical (unpaired) electrons. The molecule has 4 rings (SSSR count). The van der Waals surface area contributed by atoms with Gasteiger partial charge in [-0.2, -0.15) is 8.78 Å². The predicted octanol–water partition coefficient (Wildman–Crippen LogP) is 5.15. The zero-order chi connectivity index (χ0) is 22.5. The highest BCUT2D eigenvalue weighted by atomic mass is 19.3. The van der Waals surface area contributed by atoms with Crippen LogP contribution >= 0.6 is 0 Å². The molecule has 0 unspecified atom stereocenters. The zero-order valence-electron chi connectivity index (χ0n) is 17.6. The summed E-state index contributed by atoms with van der Waals surface area (Å²) in [5.41, 5.74) is 3.09. The number of hydrogen-bond acceptors (Lipinski definition) is 4. The number of benzene rings is 2. The first kappa shape index (κ1) is 21.5. The van der Waals surface area contributed by atoms with E-state index < -0.39 is 6.61 Å². The monoisotopic (exact) mass is 439 g/mol. The van der Waals surface area contributed by atoms with Gasteiger partial charge in [0, 0.05) is 36.5 Å². The number of aromatic nitrogens is 2. The maximum atomic E-state index is 12.4. The summed E-state index contributed by atoms with van der Waals surface area (Å²) in [5, 5.41) is 2.83. The van der Waals surface area contributed by atoms with Crippen LogP contribution in [0.1, 0.15) is 24.2 Å². The first-order valence-electron chi connectivity index (χ1n) is 10.3. The van der Waals surface area contributed by atoms with Crippen LogP contribution < -0.4 is 14.8 Å². The number of aryl methyl sites for hydroxylation is 2. The smallest absolute Gasteiger partial charge is 0.387 e. The highest BCUT2D eigenvalue weighted by molar-refractivity contribution is 6.02. The fraction of sp³-hybridized carbons (Fsp3) is 0.250. The number of ether oxygens (including phenoxy) is 2. The summed E-state index contributed by atoms with van der Waals surface area (Å²) in [6.45, 7) is -1.96. The van der Waals surface area contributed by atoms with Gasteiger partial charge in [-0.25, -0.2) is 4.98 Å². The molecule has 0 spiro atoms. The lowest BCUT2D eigenvalue weighted by Crippen LogP contribution is -2.08.